The number of unbranched alkanes of at least 4 members (excludes halogenated alkanes) is 35. The fourth-order valence-electron chi connectivity index (χ4n) is 10.7. The zero-order valence-corrected chi connectivity index (χ0v) is 65.2. The molecule has 0 saturated carbocycles. The maximum Gasteiger partial charge on any atom is 0.472 e. The molecule has 0 aliphatic carbocycles. The summed E-state index contributed by atoms with van der Waals surface area (Å²) in [5.41, 5.74) is 0. The standard InChI is InChI=1S/C81H144O17P2/c1-5-9-13-17-21-25-29-33-36-37-40-43-46-50-54-58-62-66-79(84)92-71-76(97-80(85)67-63-59-55-51-47-41-32-28-24-20-16-12-8-4)73-95-99(87,88)93-69-75(82)70-94-100(89,90)96-74-77(98-81(86)68-64-60-56-52-48-44-39-35-31-27-23-19-15-11-7-3)72-91-78(83)65-61-57-53-49-45-42-38-34-30-26-22-18-14-10-6-2/h21-22,25-26,33-36,38-40,43,50,54,75-77,82H,5-20,23-24,27-32,37,41-42,44-49,51-53,55-74H2,1-4H3,(H,87,88)(H,89,90)/b25-21-,26-22-,36-33-,38-34-,39-35-,43-40-,54-50-/t75-,76-,77-/m1/s1. The molecule has 3 N–H and O–H groups in total. The molecule has 0 radical (unpaired) electrons. The molecular weight excluding hydrogens is 1310 g/mol. The van der Waals surface area contributed by atoms with E-state index in [1.165, 1.54) is 128 Å². The van der Waals surface area contributed by atoms with Gasteiger partial charge in [0.1, 0.15) is 19.3 Å². The van der Waals surface area contributed by atoms with E-state index in [9.17, 15) is 43.2 Å². The van der Waals surface area contributed by atoms with Crippen LogP contribution in [0.5, 0.6) is 0 Å². The summed E-state index contributed by atoms with van der Waals surface area (Å²) in [6, 6.07) is 0. The van der Waals surface area contributed by atoms with Crippen LogP contribution in [-0.4, -0.2) is 96.7 Å². The first kappa shape index (κ1) is 96.2. The number of hydrogen-bond donors (Lipinski definition) is 3. The molecule has 0 saturated heterocycles. The highest BCUT2D eigenvalue weighted by molar-refractivity contribution is 7.47. The molecule has 5 atom stereocenters. The normalized spacial score (nSPS) is 14.3. The molecule has 0 bridgehead atoms. The van der Waals surface area contributed by atoms with E-state index in [4.69, 9.17) is 37.0 Å². The maximum atomic E-state index is 13.1. The van der Waals surface area contributed by atoms with Gasteiger partial charge in [-0.25, -0.2) is 9.13 Å². The van der Waals surface area contributed by atoms with Gasteiger partial charge in [0.15, 0.2) is 12.2 Å². The van der Waals surface area contributed by atoms with Crippen molar-refractivity contribution in [1.82, 2.24) is 0 Å². The van der Waals surface area contributed by atoms with Gasteiger partial charge in [0.25, 0.3) is 0 Å². The second-order valence-electron chi connectivity index (χ2n) is 26.7. The Kier molecular flexibility index (Phi) is 70.8. The van der Waals surface area contributed by atoms with Crippen LogP contribution < -0.4 is 0 Å². The summed E-state index contributed by atoms with van der Waals surface area (Å²) in [5, 5.41) is 10.6. The molecule has 2 unspecified atom stereocenters. The summed E-state index contributed by atoms with van der Waals surface area (Å²) in [5.74, 6) is -2.24. The first-order chi connectivity index (χ1) is 48.7. The van der Waals surface area contributed by atoms with Gasteiger partial charge in [-0.05, 0) is 122 Å². The fourth-order valence-corrected chi connectivity index (χ4v) is 12.3. The van der Waals surface area contributed by atoms with Crippen LogP contribution in [0.4, 0.5) is 0 Å². The van der Waals surface area contributed by atoms with Gasteiger partial charge in [0, 0.05) is 25.7 Å². The van der Waals surface area contributed by atoms with E-state index in [-0.39, 0.29) is 25.7 Å². The number of esters is 4. The Morgan fingerprint density at radius 2 is 0.500 bits per heavy atom. The van der Waals surface area contributed by atoms with Gasteiger partial charge in [0.05, 0.1) is 26.4 Å². The molecule has 0 spiro atoms. The Balaban J connectivity index is 5.39. The number of ether oxygens (including phenoxy) is 4. The van der Waals surface area contributed by atoms with Crippen LogP contribution in [0.25, 0.3) is 0 Å². The molecule has 0 aromatic carbocycles. The van der Waals surface area contributed by atoms with E-state index in [0.717, 1.165) is 135 Å². The van der Waals surface area contributed by atoms with E-state index in [1.54, 1.807) is 0 Å². The smallest absolute Gasteiger partial charge is 0.462 e. The van der Waals surface area contributed by atoms with E-state index in [0.29, 0.717) is 32.1 Å². The van der Waals surface area contributed by atoms with Crippen molar-refractivity contribution in [3.05, 3.63) is 85.1 Å². The molecular formula is C81H144O17P2. The van der Waals surface area contributed by atoms with Gasteiger partial charge >= 0.3 is 39.5 Å². The number of aliphatic hydroxyl groups is 1. The predicted molar refractivity (Wildman–Crippen MR) is 409 cm³/mol. The topological polar surface area (TPSA) is 237 Å². The van der Waals surface area contributed by atoms with Crippen LogP contribution in [-0.2, 0) is 65.4 Å². The zero-order valence-electron chi connectivity index (χ0n) is 63.4. The molecule has 0 rings (SSSR count). The Labute approximate surface area is 608 Å². The van der Waals surface area contributed by atoms with Crippen LogP contribution in [0, 0.1) is 0 Å². The van der Waals surface area contributed by atoms with E-state index >= 15 is 0 Å². The van der Waals surface area contributed by atoms with Crippen molar-refractivity contribution in [1.29, 1.82) is 0 Å². The quantitative estimate of drug-likeness (QED) is 0.0169. The SMILES string of the molecule is CCCCC/C=C\C/C=C\C/C=C\C/C=C\CCCC(=O)OC[C@H](COP(=O)(O)OC[C@@H](O)COP(=O)(O)OC[C@@H](COC(=O)CCCCCCC/C=C\C/C=C\CCCCC)OC(=O)CCCCCCC/C=C\CCCCCCCC)OC(=O)CCCCCCCCCCCCCCC. The molecule has 0 heterocycles. The highest BCUT2D eigenvalue weighted by atomic mass is 31.2. The van der Waals surface area contributed by atoms with Gasteiger partial charge in [-0.3, -0.25) is 37.3 Å². The Morgan fingerprint density at radius 3 is 0.820 bits per heavy atom. The summed E-state index contributed by atoms with van der Waals surface area (Å²) in [7, 11) is -9.96. The van der Waals surface area contributed by atoms with Crippen molar-refractivity contribution in [3.8, 4) is 0 Å². The molecule has 0 aliphatic heterocycles. The molecule has 580 valence electrons. The van der Waals surface area contributed by atoms with Crippen LogP contribution >= 0.6 is 15.6 Å². The lowest BCUT2D eigenvalue weighted by molar-refractivity contribution is -0.161. The third-order valence-electron chi connectivity index (χ3n) is 16.8. The number of rotatable bonds is 75. The fraction of sp³-hybridized carbons (Fsp3) is 0.778. The van der Waals surface area contributed by atoms with Gasteiger partial charge in [-0.15, -0.1) is 0 Å². The molecule has 0 fully saturated rings. The summed E-state index contributed by atoms with van der Waals surface area (Å²) in [6.45, 7) is 4.77. The highest BCUT2D eigenvalue weighted by Gasteiger charge is 2.30. The molecule has 0 aliphatic rings. The summed E-state index contributed by atoms with van der Waals surface area (Å²) < 4.78 is 68.5. The van der Waals surface area contributed by atoms with Crippen molar-refractivity contribution in [2.45, 2.75) is 367 Å². The first-order valence-electron chi connectivity index (χ1n) is 39.8. The van der Waals surface area contributed by atoms with Crippen LogP contribution in [0.2, 0.25) is 0 Å². The third kappa shape index (κ3) is 72.6. The molecule has 0 amide bonds. The third-order valence-corrected chi connectivity index (χ3v) is 18.7. The van der Waals surface area contributed by atoms with Crippen molar-refractivity contribution in [2.75, 3.05) is 39.6 Å². The lowest BCUT2D eigenvalue weighted by atomic mass is 10.0. The van der Waals surface area contributed by atoms with Gasteiger partial charge in [0.2, 0.25) is 0 Å². The zero-order chi connectivity index (χ0) is 73.2. The van der Waals surface area contributed by atoms with E-state index < -0.39 is 97.5 Å². The van der Waals surface area contributed by atoms with Gasteiger partial charge < -0.3 is 33.8 Å². The maximum absolute atomic E-state index is 13.1. The van der Waals surface area contributed by atoms with Gasteiger partial charge in [-0.2, -0.15) is 0 Å². The van der Waals surface area contributed by atoms with E-state index in [1.807, 2.05) is 12.2 Å². The summed E-state index contributed by atoms with van der Waals surface area (Å²) >= 11 is 0. The lowest BCUT2D eigenvalue weighted by Gasteiger charge is -2.21. The number of carbonyl (C=O) groups excluding carboxylic acids is 4. The van der Waals surface area contributed by atoms with Crippen LogP contribution in [0.15, 0.2) is 85.1 Å². The predicted octanol–water partition coefficient (Wildman–Crippen LogP) is 23.0. The molecule has 0 aromatic heterocycles. The minimum Gasteiger partial charge on any atom is -0.462 e. The van der Waals surface area contributed by atoms with E-state index in [2.05, 4.69) is 101 Å². The molecule has 19 heteroatoms. The van der Waals surface area contributed by atoms with Crippen molar-refractivity contribution in [2.24, 2.45) is 0 Å². The summed E-state index contributed by atoms with van der Waals surface area (Å²) in [6.07, 6.45) is 75.6. The largest absolute Gasteiger partial charge is 0.472 e. The van der Waals surface area contributed by atoms with Crippen molar-refractivity contribution in [3.63, 3.8) is 0 Å². The number of carbonyl (C=O) groups is 4. The second-order valence-corrected chi connectivity index (χ2v) is 29.6. The number of allylic oxidation sites excluding steroid dienone is 14. The van der Waals surface area contributed by atoms with Crippen LogP contribution in [0.1, 0.15) is 349 Å². The Hall–Kier alpha value is -3.76. The second kappa shape index (κ2) is 73.5. The van der Waals surface area contributed by atoms with Crippen LogP contribution in [0.3, 0.4) is 0 Å². The lowest BCUT2D eigenvalue weighted by Crippen LogP contribution is -2.30. The Morgan fingerprint density at radius 1 is 0.280 bits per heavy atom. The van der Waals surface area contributed by atoms with Crippen molar-refractivity contribution >= 4 is 39.5 Å². The average Bonchev–Trinajstić information content (AvgIpc) is 0.965. The molecule has 17 nitrogen and oxygen atoms in total. The number of hydrogen-bond acceptors (Lipinski definition) is 15. The average molecular weight is 1450 g/mol. The molecule has 0 aromatic rings. The minimum atomic E-state index is -4.98. The van der Waals surface area contributed by atoms with Crippen molar-refractivity contribution < 1.29 is 80.2 Å². The number of phosphoric ester groups is 2. The molecule has 100 heavy (non-hydrogen) atoms. The number of aliphatic hydroxyl groups excluding tert-OH is 1. The summed E-state index contributed by atoms with van der Waals surface area (Å²) in [4.78, 5) is 72.9. The monoisotopic (exact) mass is 1450 g/mol. The first-order valence-corrected chi connectivity index (χ1v) is 42.8. The Bertz CT molecular complexity index is 2230. The minimum absolute atomic E-state index is 0.0829. The van der Waals surface area contributed by atoms with Gasteiger partial charge in [-0.1, -0.05) is 286 Å². The number of phosphoric acid groups is 2. The highest BCUT2D eigenvalue weighted by Crippen LogP contribution is 2.45.